The number of hydrogen-bond acceptors (Lipinski definition) is 1. The second-order valence-corrected chi connectivity index (χ2v) is 7.46. The molecule has 0 aliphatic carbocycles. The van der Waals surface area contributed by atoms with Crippen molar-refractivity contribution in [1.82, 2.24) is 9.88 Å². The zero-order valence-electron chi connectivity index (χ0n) is 15.4. The van der Waals surface area contributed by atoms with Gasteiger partial charge in [0, 0.05) is 36.2 Å². The molecule has 1 aromatic carbocycles. The van der Waals surface area contributed by atoms with Crippen LogP contribution in [0.1, 0.15) is 37.8 Å². The molecule has 3 atom stereocenters. The van der Waals surface area contributed by atoms with Crippen LogP contribution in [0.4, 0.5) is 13.2 Å². The Morgan fingerprint density at radius 3 is 2.77 bits per heavy atom. The van der Waals surface area contributed by atoms with Gasteiger partial charge in [0.1, 0.15) is 0 Å². The third-order valence-corrected chi connectivity index (χ3v) is 5.95. The smallest absolute Gasteiger partial charge is 0.361 e. The largest absolute Gasteiger partial charge is 0.416 e. The number of rotatable bonds is 5. The number of aromatic amines is 1. The lowest BCUT2D eigenvalue weighted by Gasteiger charge is -2.42. The lowest BCUT2D eigenvalue weighted by Crippen LogP contribution is -2.47. The highest BCUT2D eigenvalue weighted by Crippen LogP contribution is 2.33. The van der Waals surface area contributed by atoms with Crippen molar-refractivity contribution in [2.75, 3.05) is 13.1 Å². The van der Waals surface area contributed by atoms with E-state index in [0.29, 0.717) is 23.3 Å². The summed E-state index contributed by atoms with van der Waals surface area (Å²) in [6.45, 7) is 10.3. The second-order valence-electron chi connectivity index (χ2n) is 7.46. The number of benzene rings is 1. The number of nitrogens with one attached hydrogen (secondary N) is 1. The Morgan fingerprint density at radius 1 is 1.35 bits per heavy atom. The normalized spacial score (nSPS) is 24.9. The molecular formula is C21H27F3N2. The van der Waals surface area contributed by atoms with E-state index in [1.807, 2.05) is 12.3 Å². The maximum Gasteiger partial charge on any atom is 0.416 e. The van der Waals surface area contributed by atoms with E-state index >= 15 is 0 Å². The molecule has 0 amide bonds. The first kappa shape index (κ1) is 19.0. The molecule has 1 aliphatic heterocycles. The minimum absolute atomic E-state index is 0.493. The molecule has 142 valence electrons. The summed E-state index contributed by atoms with van der Waals surface area (Å²) < 4.78 is 39.1. The Hall–Kier alpha value is -1.75. The summed E-state index contributed by atoms with van der Waals surface area (Å²) in [6, 6.07) is 4.41. The summed E-state index contributed by atoms with van der Waals surface area (Å²) in [4.78, 5) is 5.57. The zero-order chi connectivity index (χ0) is 18.9. The van der Waals surface area contributed by atoms with Crippen molar-refractivity contribution in [2.45, 2.75) is 45.3 Å². The molecule has 0 spiro atoms. The van der Waals surface area contributed by atoms with Crippen molar-refractivity contribution >= 4 is 10.9 Å². The number of aromatic nitrogens is 1. The SMILES string of the molecule is C=CC1CC(CC)C(C)N(CCc2c[nH]c3ccc(C(F)(F)F)cc23)C1. The fraction of sp³-hybridized carbons (Fsp3) is 0.524. The number of nitrogens with zero attached hydrogens (tertiary/aromatic N) is 1. The Kier molecular flexibility index (Phi) is 5.47. The van der Waals surface area contributed by atoms with E-state index in [0.717, 1.165) is 43.1 Å². The predicted octanol–water partition coefficient (Wildman–Crippen LogP) is 5.65. The van der Waals surface area contributed by atoms with E-state index in [9.17, 15) is 13.2 Å². The molecular weight excluding hydrogens is 337 g/mol. The summed E-state index contributed by atoms with van der Waals surface area (Å²) in [7, 11) is 0. The maximum absolute atomic E-state index is 13.0. The van der Waals surface area contributed by atoms with Crippen LogP contribution in [0.3, 0.4) is 0 Å². The summed E-state index contributed by atoms with van der Waals surface area (Å²) >= 11 is 0. The molecule has 0 saturated carbocycles. The van der Waals surface area contributed by atoms with E-state index in [1.165, 1.54) is 18.6 Å². The maximum atomic E-state index is 13.0. The van der Waals surface area contributed by atoms with Gasteiger partial charge in [0.05, 0.1) is 5.56 Å². The van der Waals surface area contributed by atoms with Gasteiger partial charge in [0.2, 0.25) is 0 Å². The number of likely N-dealkylation sites (tertiary alicyclic amines) is 1. The Morgan fingerprint density at radius 2 is 2.12 bits per heavy atom. The quantitative estimate of drug-likeness (QED) is 0.679. The molecule has 1 aromatic heterocycles. The van der Waals surface area contributed by atoms with Crippen molar-refractivity contribution in [3.8, 4) is 0 Å². The van der Waals surface area contributed by atoms with Gasteiger partial charge >= 0.3 is 6.18 Å². The van der Waals surface area contributed by atoms with Gasteiger partial charge in [-0.2, -0.15) is 13.2 Å². The van der Waals surface area contributed by atoms with Crippen LogP contribution in [-0.2, 0) is 12.6 Å². The Balaban J connectivity index is 1.77. The molecule has 0 bridgehead atoms. The van der Waals surface area contributed by atoms with Crippen LogP contribution in [0, 0.1) is 11.8 Å². The van der Waals surface area contributed by atoms with E-state index in [2.05, 4.69) is 30.3 Å². The number of fused-ring (bicyclic) bond motifs is 1. The first-order chi connectivity index (χ1) is 12.3. The molecule has 2 heterocycles. The van der Waals surface area contributed by atoms with E-state index in [-0.39, 0.29) is 0 Å². The molecule has 2 nitrogen and oxygen atoms in total. The van der Waals surface area contributed by atoms with Gasteiger partial charge in [-0.15, -0.1) is 6.58 Å². The third kappa shape index (κ3) is 3.83. The number of hydrogen-bond donors (Lipinski definition) is 1. The minimum atomic E-state index is -4.31. The van der Waals surface area contributed by atoms with E-state index < -0.39 is 11.7 Å². The third-order valence-electron chi connectivity index (χ3n) is 5.95. The van der Waals surface area contributed by atoms with Gasteiger partial charge in [0.25, 0.3) is 0 Å². The summed E-state index contributed by atoms with van der Waals surface area (Å²) in [5.41, 5.74) is 1.12. The standard InChI is InChI=1S/C21H27F3N2/c1-4-15-10-16(5-2)14(3)26(13-15)9-8-17-12-25-20-7-6-18(11-19(17)20)21(22,23)24/h4,6-7,11-12,14-16,25H,1,5,8-10,13H2,2-3H3. The number of alkyl halides is 3. The molecule has 3 rings (SSSR count). The average molecular weight is 364 g/mol. The van der Waals surface area contributed by atoms with Crippen LogP contribution < -0.4 is 0 Å². The monoisotopic (exact) mass is 364 g/mol. The van der Waals surface area contributed by atoms with Crippen molar-refractivity contribution < 1.29 is 13.2 Å². The topological polar surface area (TPSA) is 19.0 Å². The summed E-state index contributed by atoms with van der Waals surface area (Å²) in [5.74, 6) is 1.14. The van der Waals surface area contributed by atoms with E-state index in [1.54, 1.807) is 0 Å². The number of H-pyrrole nitrogens is 1. The van der Waals surface area contributed by atoms with Crippen LogP contribution in [0.2, 0.25) is 0 Å². The van der Waals surface area contributed by atoms with Gasteiger partial charge in [-0.3, -0.25) is 4.90 Å². The van der Waals surface area contributed by atoms with Gasteiger partial charge in [-0.1, -0.05) is 19.4 Å². The fourth-order valence-corrected chi connectivity index (χ4v) is 4.23. The summed E-state index contributed by atoms with van der Waals surface area (Å²) in [6.07, 6.45) is 2.65. The van der Waals surface area contributed by atoms with Gasteiger partial charge in [-0.25, -0.2) is 0 Å². The Labute approximate surface area is 153 Å². The lowest BCUT2D eigenvalue weighted by atomic mass is 9.82. The van der Waals surface area contributed by atoms with Gasteiger partial charge < -0.3 is 4.98 Å². The molecule has 0 radical (unpaired) electrons. The average Bonchev–Trinajstić information content (AvgIpc) is 3.02. The predicted molar refractivity (Wildman–Crippen MR) is 100 cm³/mol. The van der Waals surface area contributed by atoms with Crippen LogP contribution in [0.15, 0.2) is 37.1 Å². The van der Waals surface area contributed by atoms with E-state index in [4.69, 9.17) is 0 Å². The molecule has 1 fully saturated rings. The fourth-order valence-electron chi connectivity index (χ4n) is 4.23. The second kappa shape index (κ2) is 7.47. The van der Waals surface area contributed by atoms with Crippen LogP contribution in [0.25, 0.3) is 10.9 Å². The first-order valence-corrected chi connectivity index (χ1v) is 9.37. The van der Waals surface area contributed by atoms with Gasteiger partial charge in [0.15, 0.2) is 0 Å². The highest BCUT2D eigenvalue weighted by molar-refractivity contribution is 5.84. The number of piperidine rings is 1. The van der Waals surface area contributed by atoms with Crippen LogP contribution in [0.5, 0.6) is 0 Å². The molecule has 5 heteroatoms. The van der Waals surface area contributed by atoms with Crippen LogP contribution >= 0.6 is 0 Å². The first-order valence-electron chi connectivity index (χ1n) is 9.37. The number of halogens is 3. The molecule has 26 heavy (non-hydrogen) atoms. The highest BCUT2D eigenvalue weighted by Gasteiger charge is 2.32. The Bertz CT molecular complexity index is 762. The minimum Gasteiger partial charge on any atom is -0.361 e. The molecule has 1 N–H and O–H groups in total. The van der Waals surface area contributed by atoms with Crippen molar-refractivity contribution in [1.29, 1.82) is 0 Å². The zero-order valence-corrected chi connectivity index (χ0v) is 15.4. The molecule has 1 aliphatic rings. The van der Waals surface area contributed by atoms with Gasteiger partial charge in [-0.05, 0) is 55.4 Å². The molecule has 2 aromatic rings. The van der Waals surface area contributed by atoms with Crippen molar-refractivity contribution in [3.05, 3.63) is 48.2 Å². The van der Waals surface area contributed by atoms with Crippen molar-refractivity contribution in [2.24, 2.45) is 11.8 Å². The molecule has 1 saturated heterocycles. The van der Waals surface area contributed by atoms with Crippen molar-refractivity contribution in [3.63, 3.8) is 0 Å². The summed E-state index contributed by atoms with van der Waals surface area (Å²) in [5, 5.41) is 0.678. The lowest BCUT2D eigenvalue weighted by molar-refractivity contribution is -0.137. The highest BCUT2D eigenvalue weighted by atomic mass is 19.4. The molecule has 3 unspecified atom stereocenters. The van der Waals surface area contributed by atoms with Crippen LogP contribution in [-0.4, -0.2) is 29.0 Å².